The molecule has 5 heteroatoms. The van der Waals surface area contributed by atoms with Gasteiger partial charge in [-0.2, -0.15) is 0 Å². The zero-order valence-electron chi connectivity index (χ0n) is 7.79. The lowest BCUT2D eigenvalue weighted by Crippen LogP contribution is -1.93. The number of aromatic nitrogens is 1. The number of carboxylic acids is 1. The van der Waals surface area contributed by atoms with Crippen molar-refractivity contribution in [3.05, 3.63) is 33.4 Å². The number of rotatable bonds is 1. The topological polar surface area (TPSA) is 42.2 Å². The molecule has 15 heavy (non-hydrogen) atoms. The largest absolute Gasteiger partial charge is 0.478 e. The zero-order valence-corrected chi connectivity index (χ0v) is 10.1. The van der Waals surface area contributed by atoms with Crippen molar-refractivity contribution in [2.45, 2.75) is 0 Å². The molecule has 2 rings (SSSR count). The molecule has 0 amide bonds. The number of nitrogens with zero attached hydrogens (tertiary/aromatic N) is 1. The molecule has 0 aliphatic rings. The second-order valence-electron chi connectivity index (χ2n) is 3.24. The van der Waals surface area contributed by atoms with Gasteiger partial charge in [0.25, 0.3) is 0 Å². The fraction of sp³-hybridized carbons (Fsp3) is 0.100. The molecule has 3 nitrogen and oxygen atoms in total. The molecule has 0 aliphatic carbocycles. The highest BCUT2D eigenvalue weighted by molar-refractivity contribution is 9.10. The van der Waals surface area contributed by atoms with Gasteiger partial charge >= 0.3 is 5.97 Å². The molecule has 1 heterocycles. The summed E-state index contributed by atoms with van der Waals surface area (Å²) in [6, 6.07) is 3.40. The summed E-state index contributed by atoms with van der Waals surface area (Å²) in [5.41, 5.74) is 1.09. The summed E-state index contributed by atoms with van der Waals surface area (Å²) in [6.07, 6.45) is 1.58. The van der Waals surface area contributed by atoms with E-state index in [-0.39, 0.29) is 5.56 Å². The predicted molar refractivity (Wildman–Crippen MR) is 62.6 cm³/mol. The Bertz CT molecular complexity index is 562. The van der Waals surface area contributed by atoms with Crippen molar-refractivity contribution in [2.75, 3.05) is 0 Å². The minimum absolute atomic E-state index is 0.260. The van der Waals surface area contributed by atoms with Crippen molar-refractivity contribution in [1.29, 1.82) is 0 Å². The van der Waals surface area contributed by atoms with Crippen LogP contribution in [0.25, 0.3) is 10.9 Å². The first-order valence-electron chi connectivity index (χ1n) is 4.18. The van der Waals surface area contributed by atoms with Gasteiger partial charge in [0.05, 0.1) is 11.1 Å². The van der Waals surface area contributed by atoms with Crippen molar-refractivity contribution < 1.29 is 9.90 Å². The molecule has 1 aromatic carbocycles. The van der Waals surface area contributed by atoms with Crippen molar-refractivity contribution in [3.63, 3.8) is 0 Å². The average molecular weight is 289 g/mol. The summed E-state index contributed by atoms with van der Waals surface area (Å²) >= 11 is 9.24. The number of hydrogen-bond donors (Lipinski definition) is 1. The number of carbonyl (C=O) groups is 1. The van der Waals surface area contributed by atoms with Gasteiger partial charge in [0.2, 0.25) is 0 Å². The fourth-order valence-electron chi connectivity index (χ4n) is 1.63. The molecule has 0 saturated heterocycles. The molecule has 0 bridgehead atoms. The molecule has 1 N–H and O–H groups in total. The van der Waals surface area contributed by atoms with E-state index in [1.54, 1.807) is 29.9 Å². The predicted octanol–water partition coefficient (Wildman–Crippen LogP) is 3.29. The van der Waals surface area contributed by atoms with Gasteiger partial charge in [-0.25, -0.2) is 4.79 Å². The van der Waals surface area contributed by atoms with Crippen LogP contribution >= 0.6 is 27.5 Å². The number of hydrogen-bond acceptors (Lipinski definition) is 1. The number of fused-ring (bicyclic) bond motifs is 1. The highest BCUT2D eigenvalue weighted by Crippen LogP contribution is 2.31. The maximum absolute atomic E-state index is 11.0. The molecule has 0 atom stereocenters. The number of halogens is 2. The van der Waals surface area contributed by atoms with Crippen LogP contribution < -0.4 is 0 Å². The van der Waals surface area contributed by atoms with Gasteiger partial charge in [0.1, 0.15) is 0 Å². The summed E-state index contributed by atoms with van der Waals surface area (Å²) in [6.45, 7) is 0. The highest BCUT2D eigenvalue weighted by atomic mass is 79.9. The summed E-state index contributed by atoms with van der Waals surface area (Å²) in [7, 11) is 1.80. The minimum atomic E-state index is -0.949. The molecule has 0 radical (unpaired) electrons. The Morgan fingerprint density at radius 2 is 2.20 bits per heavy atom. The van der Waals surface area contributed by atoms with E-state index < -0.39 is 5.97 Å². The monoisotopic (exact) mass is 287 g/mol. The first kappa shape index (κ1) is 10.5. The summed E-state index contributed by atoms with van der Waals surface area (Å²) in [4.78, 5) is 11.0. The number of benzene rings is 1. The second-order valence-corrected chi connectivity index (χ2v) is 4.53. The van der Waals surface area contributed by atoms with Gasteiger partial charge in [-0.1, -0.05) is 11.6 Å². The Hall–Kier alpha value is -1.000. The van der Waals surface area contributed by atoms with Crippen molar-refractivity contribution in [1.82, 2.24) is 4.57 Å². The second kappa shape index (κ2) is 3.54. The van der Waals surface area contributed by atoms with Gasteiger partial charge < -0.3 is 9.67 Å². The molecule has 0 aliphatic heterocycles. The van der Waals surface area contributed by atoms with Crippen molar-refractivity contribution in [3.8, 4) is 0 Å². The Kier molecular flexibility index (Phi) is 2.48. The van der Waals surface area contributed by atoms with Crippen LogP contribution in [-0.4, -0.2) is 15.6 Å². The third kappa shape index (κ3) is 1.64. The Morgan fingerprint density at radius 3 is 2.80 bits per heavy atom. The van der Waals surface area contributed by atoms with Crippen LogP contribution in [0.1, 0.15) is 10.4 Å². The van der Waals surface area contributed by atoms with E-state index in [9.17, 15) is 4.79 Å². The Labute approximate surface area is 99.4 Å². The molecule has 0 saturated carbocycles. The van der Waals surface area contributed by atoms with E-state index >= 15 is 0 Å². The van der Waals surface area contributed by atoms with Gasteiger partial charge in [-0.3, -0.25) is 0 Å². The zero-order chi connectivity index (χ0) is 11.2. The third-order valence-corrected chi connectivity index (χ3v) is 3.05. The van der Waals surface area contributed by atoms with E-state index in [4.69, 9.17) is 16.7 Å². The average Bonchev–Trinajstić information content (AvgIpc) is 2.42. The molecule has 78 valence electrons. The maximum atomic E-state index is 11.0. The lowest BCUT2D eigenvalue weighted by molar-refractivity contribution is 0.0699. The number of carboxylic acid groups (broad SMARTS) is 1. The Morgan fingerprint density at radius 1 is 1.53 bits per heavy atom. The molecule has 1 aromatic heterocycles. The summed E-state index contributed by atoms with van der Waals surface area (Å²) < 4.78 is 2.55. The highest BCUT2D eigenvalue weighted by Gasteiger charge is 2.15. The molecular weight excluding hydrogens is 281 g/mol. The van der Waals surface area contributed by atoms with Gasteiger partial charge in [-0.05, 0) is 28.1 Å². The van der Waals surface area contributed by atoms with Crippen LogP contribution in [0.4, 0.5) is 0 Å². The van der Waals surface area contributed by atoms with E-state index in [1.165, 1.54) is 0 Å². The minimum Gasteiger partial charge on any atom is -0.478 e. The van der Waals surface area contributed by atoms with E-state index in [0.717, 1.165) is 9.99 Å². The van der Waals surface area contributed by atoms with E-state index in [0.29, 0.717) is 10.4 Å². The first-order chi connectivity index (χ1) is 7.00. The van der Waals surface area contributed by atoms with E-state index in [2.05, 4.69) is 15.9 Å². The normalized spacial score (nSPS) is 10.9. The lowest BCUT2D eigenvalue weighted by Gasteiger charge is -2.00. The van der Waals surface area contributed by atoms with Crippen LogP contribution in [0.3, 0.4) is 0 Å². The first-order valence-corrected chi connectivity index (χ1v) is 5.35. The standard InChI is InChI=1S/C10H7BrClNO2/c1-13-4-7(10(14)15)6-2-5(12)3-8(11)9(6)13/h2-4H,1H3,(H,14,15). The summed E-state index contributed by atoms with van der Waals surface area (Å²) in [5, 5.41) is 10.2. The SMILES string of the molecule is Cn1cc(C(=O)O)c2cc(Cl)cc(Br)c21. The van der Waals surface area contributed by atoms with Crippen molar-refractivity contribution in [2.24, 2.45) is 7.05 Å². The maximum Gasteiger partial charge on any atom is 0.337 e. The van der Waals surface area contributed by atoms with Crippen LogP contribution in [0, 0.1) is 0 Å². The molecule has 0 unspecified atom stereocenters. The van der Waals surface area contributed by atoms with Crippen LogP contribution in [0.2, 0.25) is 5.02 Å². The lowest BCUT2D eigenvalue weighted by atomic mass is 10.2. The Balaban J connectivity index is 2.93. The number of aromatic carboxylic acids is 1. The molecular formula is C10H7BrClNO2. The van der Waals surface area contributed by atoms with Gasteiger partial charge in [0.15, 0.2) is 0 Å². The molecule has 0 spiro atoms. The van der Waals surface area contributed by atoms with Gasteiger partial charge in [-0.15, -0.1) is 0 Å². The smallest absolute Gasteiger partial charge is 0.337 e. The fourth-order valence-corrected chi connectivity index (χ4v) is 2.72. The van der Waals surface area contributed by atoms with Crippen LogP contribution in [0.5, 0.6) is 0 Å². The van der Waals surface area contributed by atoms with Crippen LogP contribution in [-0.2, 0) is 7.05 Å². The molecule has 2 aromatic rings. The van der Waals surface area contributed by atoms with Gasteiger partial charge in [0, 0.05) is 28.1 Å². The van der Waals surface area contributed by atoms with Crippen molar-refractivity contribution >= 4 is 44.4 Å². The van der Waals surface area contributed by atoms with E-state index in [1.807, 2.05) is 0 Å². The summed E-state index contributed by atoms with van der Waals surface area (Å²) in [5.74, 6) is -0.949. The van der Waals surface area contributed by atoms with Crippen LogP contribution in [0.15, 0.2) is 22.8 Å². The third-order valence-electron chi connectivity index (χ3n) is 2.22. The number of aryl methyl sites for hydroxylation is 1. The molecule has 0 fully saturated rings. The quantitative estimate of drug-likeness (QED) is 0.875.